The maximum atomic E-state index is 10.6. The Labute approximate surface area is 85.7 Å². The van der Waals surface area contributed by atoms with Gasteiger partial charge in [-0.05, 0) is 13.1 Å². The van der Waals surface area contributed by atoms with Crippen LogP contribution in [0.15, 0.2) is 12.7 Å². The third-order valence-electron chi connectivity index (χ3n) is 1.71. The molecule has 0 heterocycles. The van der Waals surface area contributed by atoms with Crippen LogP contribution in [-0.4, -0.2) is 37.1 Å². The predicted molar refractivity (Wildman–Crippen MR) is 57.3 cm³/mol. The number of carbonyl (C=O) groups excluding carboxylic acids is 1. The molecule has 0 radical (unpaired) electrons. The van der Waals surface area contributed by atoms with E-state index in [0.717, 1.165) is 19.6 Å². The summed E-state index contributed by atoms with van der Waals surface area (Å²) < 4.78 is 4.83. The molecule has 4 N–H and O–H groups in total. The minimum atomic E-state index is -0.345. The molecule has 0 atom stereocenters. The van der Waals surface area contributed by atoms with Gasteiger partial charge in [0, 0.05) is 12.6 Å². The molecule has 0 aliphatic heterocycles. The van der Waals surface area contributed by atoms with Gasteiger partial charge in [-0.1, -0.05) is 20.4 Å². The van der Waals surface area contributed by atoms with E-state index >= 15 is 0 Å². The van der Waals surface area contributed by atoms with Crippen molar-refractivity contribution in [2.24, 2.45) is 11.7 Å². The highest BCUT2D eigenvalue weighted by molar-refractivity contribution is 5.81. The first-order valence-corrected chi connectivity index (χ1v) is 4.59. The van der Waals surface area contributed by atoms with Crippen LogP contribution in [0.25, 0.3) is 0 Å². The van der Waals surface area contributed by atoms with Gasteiger partial charge in [0.25, 0.3) is 0 Å². The summed E-state index contributed by atoms with van der Waals surface area (Å²) in [6, 6.07) is 0. The number of hydrazine groups is 1. The number of rotatable bonds is 6. The number of nitrogens with two attached hydrogens (primary N) is 2. The van der Waals surface area contributed by atoms with Crippen LogP contribution in [0.3, 0.4) is 0 Å². The second-order valence-corrected chi connectivity index (χ2v) is 2.40. The molecular formula is C9H21N3O2. The molecule has 0 rings (SSSR count). The van der Waals surface area contributed by atoms with Gasteiger partial charge in [-0.2, -0.15) is 0 Å². The minimum absolute atomic E-state index is 0.345. The van der Waals surface area contributed by atoms with Gasteiger partial charge in [-0.15, -0.1) is 0 Å². The van der Waals surface area contributed by atoms with Gasteiger partial charge in [0.05, 0.1) is 0 Å². The second kappa shape index (κ2) is 12.1. The lowest BCUT2D eigenvalue weighted by Gasteiger charge is -2.16. The van der Waals surface area contributed by atoms with Crippen LogP contribution < -0.4 is 11.7 Å². The molecule has 0 saturated heterocycles. The first kappa shape index (κ1) is 15.6. The van der Waals surface area contributed by atoms with Crippen molar-refractivity contribution in [3.8, 4) is 0 Å². The van der Waals surface area contributed by atoms with Crippen LogP contribution >= 0.6 is 0 Å². The van der Waals surface area contributed by atoms with E-state index in [1.54, 1.807) is 0 Å². The number of ether oxygens (including phenoxy) is 1. The van der Waals surface area contributed by atoms with Crippen molar-refractivity contribution >= 4 is 5.97 Å². The van der Waals surface area contributed by atoms with Crippen molar-refractivity contribution in [1.29, 1.82) is 0 Å². The molecular weight excluding hydrogens is 182 g/mol. The van der Waals surface area contributed by atoms with E-state index in [-0.39, 0.29) is 5.97 Å². The van der Waals surface area contributed by atoms with Gasteiger partial charge in [0.2, 0.25) is 0 Å². The first-order valence-electron chi connectivity index (χ1n) is 4.59. The average molecular weight is 203 g/mol. The molecule has 14 heavy (non-hydrogen) atoms. The number of likely N-dealkylation sites (N-methyl/N-ethyl adjacent to an activating group) is 1. The second-order valence-electron chi connectivity index (χ2n) is 2.40. The first-order chi connectivity index (χ1) is 6.74. The van der Waals surface area contributed by atoms with E-state index in [1.807, 2.05) is 0 Å². The molecule has 5 heteroatoms. The molecule has 0 spiro atoms. The van der Waals surface area contributed by atoms with Crippen LogP contribution in [0.5, 0.6) is 0 Å². The topological polar surface area (TPSA) is 81.6 Å². The van der Waals surface area contributed by atoms with Gasteiger partial charge >= 0.3 is 5.97 Å². The molecule has 0 aliphatic rings. The van der Waals surface area contributed by atoms with E-state index in [1.165, 1.54) is 6.08 Å². The monoisotopic (exact) mass is 203 g/mol. The van der Waals surface area contributed by atoms with Crippen LogP contribution in [0, 0.1) is 0 Å². The molecule has 0 fully saturated rings. The summed E-state index contributed by atoms with van der Waals surface area (Å²) >= 11 is 0. The smallest absolute Gasteiger partial charge is 0.330 e. The molecule has 0 amide bonds. The van der Waals surface area contributed by atoms with E-state index in [0.29, 0.717) is 6.61 Å². The lowest BCUT2D eigenvalue weighted by molar-refractivity contribution is -0.138. The highest BCUT2D eigenvalue weighted by atomic mass is 16.5. The molecule has 0 aliphatic carbocycles. The zero-order valence-electron chi connectivity index (χ0n) is 9.03. The van der Waals surface area contributed by atoms with Crippen LogP contribution in [0.4, 0.5) is 0 Å². The molecule has 0 aromatic carbocycles. The lowest BCUT2D eigenvalue weighted by Crippen LogP contribution is -2.27. The number of hydrogen-bond acceptors (Lipinski definition) is 5. The van der Waals surface area contributed by atoms with Gasteiger partial charge in [0.1, 0.15) is 6.61 Å². The summed E-state index contributed by atoms with van der Waals surface area (Å²) in [7, 11) is 0. The number of hydrogen-bond donors (Lipinski definition) is 2. The van der Waals surface area contributed by atoms with Crippen molar-refractivity contribution in [3.63, 3.8) is 0 Å². The molecule has 0 aromatic heterocycles. The van der Waals surface area contributed by atoms with E-state index in [9.17, 15) is 4.79 Å². The Hall–Kier alpha value is -0.910. The maximum Gasteiger partial charge on any atom is 0.330 e. The van der Waals surface area contributed by atoms with Crippen molar-refractivity contribution in [1.82, 2.24) is 4.90 Å². The Morgan fingerprint density at radius 1 is 1.43 bits per heavy atom. The minimum Gasteiger partial charge on any atom is -0.461 e. The Morgan fingerprint density at radius 2 is 1.93 bits per heavy atom. The summed E-state index contributed by atoms with van der Waals surface area (Å²) in [6.07, 6.45) is 1.18. The summed E-state index contributed by atoms with van der Waals surface area (Å²) in [4.78, 5) is 12.8. The third kappa shape index (κ3) is 9.18. The summed E-state index contributed by atoms with van der Waals surface area (Å²) in [5, 5.41) is 0. The summed E-state index contributed by atoms with van der Waals surface area (Å²) in [5.41, 5.74) is 0. The zero-order valence-corrected chi connectivity index (χ0v) is 9.03. The van der Waals surface area contributed by atoms with Crippen LogP contribution in [-0.2, 0) is 9.53 Å². The van der Waals surface area contributed by atoms with E-state index in [4.69, 9.17) is 4.74 Å². The van der Waals surface area contributed by atoms with Crippen LogP contribution in [0.2, 0.25) is 0 Å². The molecule has 5 nitrogen and oxygen atoms in total. The van der Waals surface area contributed by atoms with Gasteiger partial charge in [-0.25, -0.2) is 4.79 Å². The zero-order chi connectivity index (χ0) is 11.4. The number of carbonyl (C=O) groups is 1. The Bertz CT molecular complexity index is 147. The Balaban J connectivity index is 0. The molecule has 0 saturated carbocycles. The fraction of sp³-hybridized carbons (Fsp3) is 0.667. The van der Waals surface area contributed by atoms with Crippen molar-refractivity contribution in [2.75, 3.05) is 26.2 Å². The average Bonchev–Trinajstić information content (AvgIpc) is 2.27. The number of esters is 1. The Morgan fingerprint density at radius 3 is 2.29 bits per heavy atom. The SMILES string of the molecule is C=CC(=O)OCCN(CC)CC.NN. The van der Waals surface area contributed by atoms with Crippen molar-refractivity contribution in [2.45, 2.75) is 13.8 Å². The maximum absolute atomic E-state index is 10.6. The highest BCUT2D eigenvalue weighted by Crippen LogP contribution is 1.87. The largest absolute Gasteiger partial charge is 0.461 e. The summed E-state index contributed by atoms with van der Waals surface area (Å²) in [5.74, 6) is 7.65. The quantitative estimate of drug-likeness (QED) is 0.272. The molecule has 0 unspecified atom stereocenters. The highest BCUT2D eigenvalue weighted by Gasteiger charge is 1.99. The predicted octanol–water partition coefficient (Wildman–Crippen LogP) is -0.124. The van der Waals surface area contributed by atoms with Gasteiger partial charge in [0.15, 0.2) is 0 Å². The summed E-state index contributed by atoms with van der Waals surface area (Å²) in [6.45, 7) is 10.7. The molecule has 0 bridgehead atoms. The third-order valence-corrected chi connectivity index (χ3v) is 1.71. The Kier molecular flexibility index (Phi) is 13.4. The fourth-order valence-corrected chi connectivity index (χ4v) is 0.874. The van der Waals surface area contributed by atoms with Crippen molar-refractivity contribution < 1.29 is 9.53 Å². The molecule has 0 aromatic rings. The van der Waals surface area contributed by atoms with Gasteiger partial charge < -0.3 is 9.64 Å². The number of nitrogens with zero attached hydrogens (tertiary/aromatic N) is 1. The fourth-order valence-electron chi connectivity index (χ4n) is 0.874. The van der Waals surface area contributed by atoms with Crippen molar-refractivity contribution in [3.05, 3.63) is 12.7 Å². The lowest BCUT2D eigenvalue weighted by atomic mass is 10.5. The standard InChI is InChI=1S/C9H17NO2.H4N2/c1-4-9(11)12-8-7-10(5-2)6-3;1-2/h4H,1,5-8H2,2-3H3;1-2H2. The van der Waals surface area contributed by atoms with Gasteiger partial charge in [-0.3, -0.25) is 11.7 Å². The van der Waals surface area contributed by atoms with E-state index in [2.05, 4.69) is 37.0 Å². The van der Waals surface area contributed by atoms with Crippen LogP contribution in [0.1, 0.15) is 13.8 Å². The molecule has 84 valence electrons. The van der Waals surface area contributed by atoms with E-state index < -0.39 is 0 Å². The normalized spacial score (nSPS) is 8.93.